The van der Waals surface area contributed by atoms with Crippen molar-refractivity contribution in [3.63, 3.8) is 0 Å². The Morgan fingerprint density at radius 1 is 1.25 bits per heavy atom. The van der Waals surface area contributed by atoms with Crippen molar-refractivity contribution in [2.24, 2.45) is 5.10 Å². The highest BCUT2D eigenvalue weighted by Gasteiger charge is 2.29. The SMILES string of the molecule is O=C1CC(c2ccncc2F)C(c2ccc3c(c2)CCC=C3)=NN1. The van der Waals surface area contributed by atoms with Crippen molar-refractivity contribution >= 4 is 17.7 Å². The molecule has 5 heteroatoms. The minimum Gasteiger partial charge on any atom is -0.273 e. The van der Waals surface area contributed by atoms with E-state index in [2.05, 4.69) is 39.8 Å². The Bertz CT molecular complexity index is 873. The summed E-state index contributed by atoms with van der Waals surface area (Å²) in [6.45, 7) is 0. The monoisotopic (exact) mass is 321 g/mol. The molecule has 0 radical (unpaired) electrons. The minimum absolute atomic E-state index is 0.177. The molecule has 24 heavy (non-hydrogen) atoms. The Hall–Kier alpha value is -2.82. The summed E-state index contributed by atoms with van der Waals surface area (Å²) in [6, 6.07) is 7.76. The number of allylic oxidation sites excluding steroid dienone is 1. The molecule has 0 spiro atoms. The molecule has 1 aliphatic heterocycles. The molecule has 120 valence electrons. The molecule has 1 amide bonds. The van der Waals surface area contributed by atoms with Crippen LogP contribution in [0.1, 0.15) is 41.0 Å². The summed E-state index contributed by atoms with van der Waals surface area (Å²) in [5.41, 5.74) is 7.05. The number of hydrazone groups is 1. The van der Waals surface area contributed by atoms with E-state index < -0.39 is 11.7 Å². The van der Waals surface area contributed by atoms with E-state index in [-0.39, 0.29) is 12.3 Å². The van der Waals surface area contributed by atoms with Crippen molar-refractivity contribution in [2.75, 3.05) is 0 Å². The molecule has 2 aromatic rings. The first-order valence-corrected chi connectivity index (χ1v) is 7.98. The summed E-state index contributed by atoms with van der Waals surface area (Å²) in [4.78, 5) is 15.6. The maximum Gasteiger partial charge on any atom is 0.241 e. The molecule has 0 saturated heterocycles. The van der Waals surface area contributed by atoms with E-state index in [0.29, 0.717) is 11.3 Å². The third-order valence-electron chi connectivity index (χ3n) is 4.52. The van der Waals surface area contributed by atoms with Crippen LogP contribution < -0.4 is 5.43 Å². The molecule has 4 nitrogen and oxygen atoms in total. The van der Waals surface area contributed by atoms with Gasteiger partial charge in [-0.1, -0.05) is 24.3 Å². The van der Waals surface area contributed by atoms with E-state index in [0.717, 1.165) is 18.4 Å². The average Bonchev–Trinajstić information content (AvgIpc) is 2.62. The van der Waals surface area contributed by atoms with Crippen LogP contribution in [0.2, 0.25) is 0 Å². The molecule has 0 saturated carbocycles. The number of benzene rings is 1. The van der Waals surface area contributed by atoms with Crippen LogP contribution in [0.25, 0.3) is 6.08 Å². The van der Waals surface area contributed by atoms with Crippen LogP contribution in [0, 0.1) is 5.82 Å². The summed E-state index contributed by atoms with van der Waals surface area (Å²) >= 11 is 0. The second-order valence-electron chi connectivity index (χ2n) is 6.04. The molecular weight excluding hydrogens is 305 g/mol. The van der Waals surface area contributed by atoms with E-state index in [1.807, 2.05) is 6.07 Å². The molecule has 1 aliphatic carbocycles. The van der Waals surface area contributed by atoms with Gasteiger partial charge in [-0.3, -0.25) is 9.78 Å². The lowest BCUT2D eigenvalue weighted by Gasteiger charge is -2.24. The van der Waals surface area contributed by atoms with Crippen molar-refractivity contribution in [1.29, 1.82) is 0 Å². The Morgan fingerprint density at radius 3 is 3.04 bits per heavy atom. The van der Waals surface area contributed by atoms with E-state index in [9.17, 15) is 9.18 Å². The molecule has 1 aromatic carbocycles. The largest absolute Gasteiger partial charge is 0.273 e. The lowest BCUT2D eigenvalue weighted by atomic mass is 9.84. The summed E-state index contributed by atoms with van der Waals surface area (Å²) < 4.78 is 14.2. The number of hydrogen-bond acceptors (Lipinski definition) is 3. The number of rotatable bonds is 2. The molecule has 2 heterocycles. The first kappa shape index (κ1) is 14.8. The van der Waals surface area contributed by atoms with Crippen LogP contribution in [0.3, 0.4) is 0 Å². The number of carbonyl (C=O) groups excluding carboxylic acids is 1. The zero-order chi connectivity index (χ0) is 16.5. The maximum atomic E-state index is 14.2. The maximum absolute atomic E-state index is 14.2. The molecule has 0 fully saturated rings. The number of aromatic nitrogens is 1. The van der Waals surface area contributed by atoms with Gasteiger partial charge in [0.1, 0.15) is 5.82 Å². The minimum atomic E-state index is -0.411. The summed E-state index contributed by atoms with van der Waals surface area (Å²) in [7, 11) is 0. The number of fused-ring (bicyclic) bond motifs is 1. The van der Waals surface area contributed by atoms with Gasteiger partial charge in [0.05, 0.1) is 11.9 Å². The van der Waals surface area contributed by atoms with Gasteiger partial charge in [-0.15, -0.1) is 0 Å². The van der Waals surface area contributed by atoms with Gasteiger partial charge >= 0.3 is 0 Å². The Labute approximate surface area is 139 Å². The first-order chi connectivity index (χ1) is 11.7. The normalized spacial score (nSPS) is 19.5. The van der Waals surface area contributed by atoms with Gasteiger partial charge in [0, 0.05) is 24.1 Å². The highest BCUT2D eigenvalue weighted by molar-refractivity contribution is 6.09. The van der Waals surface area contributed by atoms with Gasteiger partial charge in [0.2, 0.25) is 5.91 Å². The molecular formula is C19H16FN3O. The van der Waals surface area contributed by atoms with Crippen LogP contribution in [-0.2, 0) is 11.2 Å². The number of amides is 1. The van der Waals surface area contributed by atoms with Crippen LogP contribution in [0.4, 0.5) is 4.39 Å². The van der Waals surface area contributed by atoms with Gasteiger partial charge in [-0.05, 0) is 41.7 Å². The predicted molar refractivity (Wildman–Crippen MR) is 90.0 cm³/mol. The highest BCUT2D eigenvalue weighted by atomic mass is 19.1. The number of nitrogens with zero attached hydrogens (tertiary/aromatic N) is 2. The number of hydrogen-bond donors (Lipinski definition) is 1. The quantitative estimate of drug-likeness (QED) is 0.923. The van der Waals surface area contributed by atoms with E-state index >= 15 is 0 Å². The second kappa shape index (κ2) is 6.00. The highest BCUT2D eigenvalue weighted by Crippen LogP contribution is 2.30. The molecule has 1 unspecified atom stereocenters. The second-order valence-corrected chi connectivity index (χ2v) is 6.04. The van der Waals surface area contributed by atoms with Crippen molar-refractivity contribution in [3.05, 3.63) is 70.8 Å². The zero-order valence-corrected chi connectivity index (χ0v) is 13.0. The average molecular weight is 321 g/mol. The van der Waals surface area contributed by atoms with Crippen molar-refractivity contribution < 1.29 is 9.18 Å². The molecule has 1 aromatic heterocycles. The topological polar surface area (TPSA) is 54.4 Å². The lowest BCUT2D eigenvalue weighted by molar-refractivity contribution is -0.121. The number of nitrogens with one attached hydrogen (secondary N) is 1. The third-order valence-corrected chi connectivity index (χ3v) is 4.52. The fraction of sp³-hybridized carbons (Fsp3) is 0.211. The van der Waals surface area contributed by atoms with E-state index in [4.69, 9.17) is 0 Å². The smallest absolute Gasteiger partial charge is 0.241 e. The van der Waals surface area contributed by atoms with Gasteiger partial charge < -0.3 is 0 Å². The van der Waals surface area contributed by atoms with Crippen LogP contribution in [-0.4, -0.2) is 16.6 Å². The van der Waals surface area contributed by atoms with Gasteiger partial charge in [0.25, 0.3) is 0 Å². The lowest BCUT2D eigenvalue weighted by Crippen LogP contribution is -2.32. The summed E-state index contributed by atoms with van der Waals surface area (Å²) in [6.07, 6.45) is 9.17. The van der Waals surface area contributed by atoms with Crippen LogP contribution in [0.5, 0.6) is 0 Å². The van der Waals surface area contributed by atoms with Gasteiger partial charge in [-0.25, -0.2) is 9.82 Å². The standard InChI is InChI=1S/C19H16FN3O/c20-17-11-21-8-7-15(17)16-10-18(24)22-23-19(16)14-6-5-12-3-1-2-4-13(12)9-14/h1,3,5-9,11,16H,2,4,10H2,(H,22,24). The fourth-order valence-corrected chi connectivity index (χ4v) is 3.31. The van der Waals surface area contributed by atoms with Gasteiger partial charge in [0.15, 0.2) is 0 Å². The Kier molecular flexibility index (Phi) is 3.69. The number of halogens is 1. The van der Waals surface area contributed by atoms with E-state index in [1.54, 1.807) is 12.3 Å². The summed E-state index contributed by atoms with van der Waals surface area (Å²) in [5, 5.41) is 4.24. The van der Waals surface area contributed by atoms with Crippen LogP contribution >= 0.6 is 0 Å². The Balaban J connectivity index is 1.78. The molecule has 2 aliphatic rings. The first-order valence-electron chi connectivity index (χ1n) is 7.98. The molecule has 4 rings (SSSR count). The number of aryl methyl sites for hydroxylation is 1. The molecule has 0 bridgehead atoms. The molecule has 1 atom stereocenters. The number of pyridine rings is 1. The molecule has 1 N–H and O–H groups in total. The van der Waals surface area contributed by atoms with Crippen LogP contribution in [0.15, 0.2) is 47.8 Å². The van der Waals surface area contributed by atoms with Crippen molar-refractivity contribution in [2.45, 2.75) is 25.2 Å². The third kappa shape index (κ3) is 2.62. The predicted octanol–water partition coefficient (Wildman–Crippen LogP) is 3.19. The van der Waals surface area contributed by atoms with Crippen molar-refractivity contribution in [1.82, 2.24) is 10.4 Å². The zero-order valence-electron chi connectivity index (χ0n) is 13.0. The fourth-order valence-electron chi connectivity index (χ4n) is 3.31. The van der Waals surface area contributed by atoms with E-state index in [1.165, 1.54) is 17.3 Å². The van der Waals surface area contributed by atoms with Crippen molar-refractivity contribution in [3.8, 4) is 0 Å². The summed E-state index contributed by atoms with van der Waals surface area (Å²) in [5.74, 6) is -1.02. The van der Waals surface area contributed by atoms with Gasteiger partial charge in [-0.2, -0.15) is 5.10 Å². The number of carbonyl (C=O) groups is 1. The Morgan fingerprint density at radius 2 is 2.17 bits per heavy atom.